The fraction of sp³-hybridized carbons (Fsp3) is 0.125. The molecule has 0 radical (unpaired) electrons. The lowest BCUT2D eigenvalue weighted by atomic mass is 10.2. The van der Waals surface area contributed by atoms with E-state index < -0.39 is 11.8 Å². The Morgan fingerprint density at radius 3 is 2.38 bits per heavy atom. The van der Waals surface area contributed by atoms with E-state index in [0.717, 1.165) is 0 Å². The number of methoxy groups -OCH3 is 1. The Kier molecular flexibility index (Phi) is 6.31. The number of nitrogens with one attached hydrogen (secondary N) is 2. The smallest absolute Gasteiger partial charge is 0.253 e. The van der Waals surface area contributed by atoms with Gasteiger partial charge >= 0.3 is 0 Å². The zero-order chi connectivity index (χ0) is 17.7. The van der Waals surface area contributed by atoms with Crippen LogP contribution in [0.15, 0.2) is 36.4 Å². The first-order valence-corrected chi connectivity index (χ1v) is 7.90. The minimum absolute atomic E-state index is 0.205. The average Bonchev–Trinajstić information content (AvgIpc) is 2.53. The van der Waals surface area contributed by atoms with Crippen molar-refractivity contribution in [3.8, 4) is 5.75 Å². The van der Waals surface area contributed by atoms with Gasteiger partial charge in [-0.25, -0.2) is 0 Å². The Balaban J connectivity index is 1.98. The van der Waals surface area contributed by atoms with Gasteiger partial charge in [0, 0.05) is 10.0 Å². The lowest BCUT2D eigenvalue weighted by Crippen LogP contribution is -2.33. The second kappa shape index (κ2) is 8.24. The van der Waals surface area contributed by atoms with E-state index >= 15 is 0 Å². The molecule has 126 valence electrons. The maximum atomic E-state index is 12.0. The molecule has 2 aromatic carbocycles. The van der Waals surface area contributed by atoms with E-state index in [-0.39, 0.29) is 17.1 Å². The highest BCUT2D eigenvalue weighted by molar-refractivity contribution is 6.36. The molecule has 0 aliphatic heterocycles. The first-order chi connectivity index (χ1) is 11.4. The molecule has 0 saturated carbocycles. The van der Waals surface area contributed by atoms with Crippen molar-refractivity contribution >= 4 is 52.3 Å². The third-order valence-electron chi connectivity index (χ3n) is 3.02. The lowest BCUT2D eigenvalue weighted by Gasteiger charge is -2.11. The molecule has 8 heteroatoms. The average molecular weight is 388 g/mol. The monoisotopic (exact) mass is 386 g/mol. The van der Waals surface area contributed by atoms with Crippen LogP contribution in [0.2, 0.25) is 15.1 Å². The van der Waals surface area contributed by atoms with Gasteiger partial charge in [-0.1, -0.05) is 34.8 Å². The normalized spacial score (nSPS) is 10.2. The summed E-state index contributed by atoms with van der Waals surface area (Å²) in [6, 6.07) is 9.30. The number of ether oxygens (including phenoxy) is 1. The summed E-state index contributed by atoms with van der Waals surface area (Å²) in [4.78, 5) is 24.0. The molecule has 0 unspecified atom stereocenters. The van der Waals surface area contributed by atoms with Gasteiger partial charge in [-0.2, -0.15) is 0 Å². The molecule has 0 atom stereocenters. The molecule has 5 nitrogen and oxygen atoms in total. The van der Waals surface area contributed by atoms with Crippen LogP contribution in [0.4, 0.5) is 5.69 Å². The number of anilines is 1. The van der Waals surface area contributed by atoms with Crippen molar-refractivity contribution < 1.29 is 14.3 Å². The molecular weight excluding hydrogens is 375 g/mol. The van der Waals surface area contributed by atoms with E-state index in [1.165, 1.54) is 19.2 Å². The summed E-state index contributed by atoms with van der Waals surface area (Å²) in [6.45, 7) is -0.243. The largest absolute Gasteiger partial charge is 0.495 e. The second-order valence-electron chi connectivity index (χ2n) is 4.70. The maximum absolute atomic E-state index is 12.0. The topological polar surface area (TPSA) is 67.4 Å². The standard InChI is InChI=1S/C16H13Cl3N2O3/c1-24-14-5-3-10(18)7-13(14)21-15(22)8-20-16(23)11-4-2-9(17)6-12(11)19/h2-7H,8H2,1H3,(H,20,23)(H,21,22). The van der Waals surface area contributed by atoms with E-state index in [9.17, 15) is 9.59 Å². The lowest BCUT2D eigenvalue weighted by molar-refractivity contribution is -0.115. The Labute approximate surface area is 153 Å². The van der Waals surface area contributed by atoms with Gasteiger partial charge in [0.2, 0.25) is 5.91 Å². The SMILES string of the molecule is COc1ccc(Cl)cc1NC(=O)CNC(=O)c1ccc(Cl)cc1Cl. The minimum Gasteiger partial charge on any atom is -0.495 e. The molecule has 0 spiro atoms. The summed E-state index contributed by atoms with van der Waals surface area (Å²) in [5, 5.41) is 6.17. The number of hydrogen-bond donors (Lipinski definition) is 2. The van der Waals surface area contributed by atoms with Gasteiger partial charge in [0.15, 0.2) is 0 Å². The van der Waals surface area contributed by atoms with Crippen LogP contribution < -0.4 is 15.4 Å². The molecule has 2 aromatic rings. The van der Waals surface area contributed by atoms with Crippen LogP contribution in [-0.4, -0.2) is 25.5 Å². The van der Waals surface area contributed by atoms with Crippen LogP contribution in [0.3, 0.4) is 0 Å². The van der Waals surface area contributed by atoms with Crippen LogP contribution in [-0.2, 0) is 4.79 Å². The molecule has 0 saturated heterocycles. The van der Waals surface area contributed by atoms with Gasteiger partial charge in [-0.3, -0.25) is 9.59 Å². The second-order valence-corrected chi connectivity index (χ2v) is 5.98. The number of carbonyl (C=O) groups excluding carboxylic acids is 2. The predicted molar refractivity (Wildman–Crippen MR) is 95.4 cm³/mol. The highest BCUT2D eigenvalue weighted by Gasteiger charge is 2.13. The summed E-state index contributed by atoms with van der Waals surface area (Å²) < 4.78 is 5.13. The minimum atomic E-state index is -0.482. The summed E-state index contributed by atoms with van der Waals surface area (Å²) in [5.41, 5.74) is 0.642. The van der Waals surface area contributed by atoms with E-state index in [2.05, 4.69) is 10.6 Å². The molecule has 0 bridgehead atoms. The summed E-state index contributed by atoms with van der Waals surface area (Å²) in [6.07, 6.45) is 0. The van der Waals surface area contributed by atoms with E-state index in [4.69, 9.17) is 39.5 Å². The first-order valence-electron chi connectivity index (χ1n) is 6.77. The Morgan fingerprint density at radius 2 is 1.71 bits per heavy atom. The van der Waals surface area contributed by atoms with Gasteiger partial charge in [0.1, 0.15) is 5.75 Å². The molecule has 0 aliphatic rings. The van der Waals surface area contributed by atoms with Crippen LogP contribution in [0.5, 0.6) is 5.75 Å². The molecular formula is C16H13Cl3N2O3. The van der Waals surface area contributed by atoms with E-state index in [0.29, 0.717) is 21.5 Å². The summed E-state index contributed by atoms with van der Waals surface area (Å²) >= 11 is 17.6. The Morgan fingerprint density at radius 1 is 1.04 bits per heavy atom. The third-order valence-corrected chi connectivity index (χ3v) is 3.80. The van der Waals surface area contributed by atoms with Crippen molar-refractivity contribution in [2.75, 3.05) is 19.0 Å². The van der Waals surface area contributed by atoms with Gasteiger partial charge < -0.3 is 15.4 Å². The zero-order valence-corrected chi connectivity index (χ0v) is 14.8. The Bertz CT molecular complexity index is 781. The van der Waals surface area contributed by atoms with Crippen LogP contribution in [0, 0.1) is 0 Å². The third kappa shape index (κ3) is 4.77. The van der Waals surface area contributed by atoms with Gasteiger partial charge in [0.25, 0.3) is 5.91 Å². The predicted octanol–water partition coefficient (Wildman–Crippen LogP) is 4.02. The van der Waals surface area contributed by atoms with Gasteiger partial charge in [0.05, 0.1) is 29.9 Å². The fourth-order valence-electron chi connectivity index (χ4n) is 1.90. The molecule has 0 fully saturated rings. The van der Waals surface area contributed by atoms with Gasteiger partial charge in [-0.15, -0.1) is 0 Å². The number of rotatable bonds is 5. The maximum Gasteiger partial charge on any atom is 0.253 e. The fourth-order valence-corrected chi connectivity index (χ4v) is 2.57. The van der Waals surface area contributed by atoms with E-state index in [1.807, 2.05) is 0 Å². The number of halogens is 3. The van der Waals surface area contributed by atoms with Crippen molar-refractivity contribution in [2.45, 2.75) is 0 Å². The van der Waals surface area contributed by atoms with Crippen molar-refractivity contribution in [3.63, 3.8) is 0 Å². The summed E-state index contributed by atoms with van der Waals surface area (Å²) in [7, 11) is 1.48. The molecule has 0 heterocycles. The first kappa shape index (κ1) is 18.4. The van der Waals surface area contributed by atoms with E-state index in [1.54, 1.807) is 24.3 Å². The van der Waals surface area contributed by atoms with Crippen LogP contribution in [0.1, 0.15) is 10.4 Å². The van der Waals surface area contributed by atoms with Crippen molar-refractivity contribution in [3.05, 3.63) is 57.0 Å². The summed E-state index contributed by atoms with van der Waals surface area (Å²) in [5.74, 6) is -0.460. The highest BCUT2D eigenvalue weighted by Crippen LogP contribution is 2.27. The molecule has 2 amide bonds. The van der Waals surface area contributed by atoms with Crippen molar-refractivity contribution in [1.29, 1.82) is 0 Å². The molecule has 2 N–H and O–H groups in total. The molecule has 2 rings (SSSR count). The quantitative estimate of drug-likeness (QED) is 0.814. The zero-order valence-electron chi connectivity index (χ0n) is 12.5. The van der Waals surface area contributed by atoms with Crippen molar-refractivity contribution in [1.82, 2.24) is 5.32 Å². The Hall–Kier alpha value is -1.95. The number of hydrogen-bond acceptors (Lipinski definition) is 3. The van der Waals surface area contributed by atoms with Crippen LogP contribution in [0.25, 0.3) is 0 Å². The highest BCUT2D eigenvalue weighted by atomic mass is 35.5. The number of amides is 2. The van der Waals surface area contributed by atoms with Gasteiger partial charge in [-0.05, 0) is 36.4 Å². The molecule has 0 aliphatic carbocycles. The number of carbonyl (C=O) groups is 2. The van der Waals surface area contributed by atoms with Crippen LogP contribution >= 0.6 is 34.8 Å². The molecule has 24 heavy (non-hydrogen) atoms. The molecule has 0 aromatic heterocycles. The van der Waals surface area contributed by atoms with Crippen molar-refractivity contribution in [2.24, 2.45) is 0 Å². The number of benzene rings is 2.